The Morgan fingerprint density at radius 1 is 1.53 bits per heavy atom. The molecule has 1 rings (SSSR count). The van der Waals surface area contributed by atoms with Gasteiger partial charge in [0.1, 0.15) is 0 Å². The van der Waals surface area contributed by atoms with Gasteiger partial charge in [-0.25, -0.2) is 0 Å². The Hall–Kier alpha value is -1.64. The van der Waals surface area contributed by atoms with Gasteiger partial charge in [0.15, 0.2) is 0 Å². The van der Waals surface area contributed by atoms with Gasteiger partial charge in [0, 0.05) is 12.6 Å². The minimum atomic E-state index is -0.152. The van der Waals surface area contributed by atoms with Crippen LogP contribution in [0.3, 0.4) is 0 Å². The van der Waals surface area contributed by atoms with Gasteiger partial charge in [0.05, 0.1) is 12.8 Å². The number of unbranched alkanes of at least 4 members (excludes halogenated alkanes) is 1. The van der Waals surface area contributed by atoms with Crippen LogP contribution in [-0.2, 0) is 9.53 Å². The van der Waals surface area contributed by atoms with Crippen molar-refractivity contribution in [3.05, 3.63) is 36.2 Å². The van der Waals surface area contributed by atoms with Gasteiger partial charge < -0.3 is 4.74 Å². The van der Waals surface area contributed by atoms with Crippen molar-refractivity contribution in [3.63, 3.8) is 0 Å². The maximum Gasteiger partial charge on any atom is 0.305 e. The van der Waals surface area contributed by atoms with Crippen LogP contribution >= 0.6 is 0 Å². The zero-order valence-electron chi connectivity index (χ0n) is 8.85. The summed E-state index contributed by atoms with van der Waals surface area (Å²) in [5.74, 6) is -0.152. The van der Waals surface area contributed by atoms with E-state index in [0.717, 1.165) is 18.5 Å². The van der Waals surface area contributed by atoms with Crippen LogP contribution in [0.15, 0.2) is 30.5 Å². The fourth-order valence-electron chi connectivity index (χ4n) is 1.14. The van der Waals surface area contributed by atoms with Crippen LogP contribution in [0.4, 0.5) is 0 Å². The van der Waals surface area contributed by atoms with Crippen molar-refractivity contribution in [2.75, 3.05) is 7.11 Å². The van der Waals surface area contributed by atoms with Crippen LogP contribution < -0.4 is 0 Å². The van der Waals surface area contributed by atoms with Crippen molar-refractivity contribution >= 4 is 12.0 Å². The maximum atomic E-state index is 10.8. The Morgan fingerprint density at radius 2 is 2.40 bits per heavy atom. The molecule has 0 N–H and O–H groups in total. The Kier molecular flexibility index (Phi) is 5.15. The summed E-state index contributed by atoms with van der Waals surface area (Å²) in [4.78, 5) is 14.9. The number of hydrogen-bond donors (Lipinski definition) is 0. The molecule has 1 aromatic heterocycles. The van der Waals surface area contributed by atoms with Gasteiger partial charge in [-0.1, -0.05) is 12.1 Å². The van der Waals surface area contributed by atoms with Crippen molar-refractivity contribution in [3.8, 4) is 0 Å². The maximum absolute atomic E-state index is 10.8. The molecule has 1 aromatic rings. The van der Waals surface area contributed by atoms with Gasteiger partial charge in [0.25, 0.3) is 0 Å². The average Bonchev–Trinajstić information content (AvgIpc) is 2.29. The van der Waals surface area contributed by atoms with E-state index in [0.29, 0.717) is 6.42 Å². The lowest BCUT2D eigenvalue weighted by Crippen LogP contribution is -1.98. The first kappa shape index (κ1) is 11.4. The summed E-state index contributed by atoms with van der Waals surface area (Å²) in [6.45, 7) is 0. The van der Waals surface area contributed by atoms with Crippen molar-refractivity contribution < 1.29 is 9.53 Å². The van der Waals surface area contributed by atoms with Crippen LogP contribution in [-0.4, -0.2) is 18.1 Å². The number of nitrogens with zero attached hydrogens (tertiary/aromatic N) is 1. The van der Waals surface area contributed by atoms with Gasteiger partial charge >= 0.3 is 5.97 Å². The Labute approximate surface area is 89.8 Å². The summed E-state index contributed by atoms with van der Waals surface area (Å²) in [6, 6.07) is 5.77. The smallest absolute Gasteiger partial charge is 0.305 e. The van der Waals surface area contributed by atoms with Crippen LogP contribution in [0.2, 0.25) is 0 Å². The first-order chi connectivity index (χ1) is 7.33. The monoisotopic (exact) mass is 205 g/mol. The summed E-state index contributed by atoms with van der Waals surface area (Å²) in [5.41, 5.74) is 0.940. The fraction of sp³-hybridized carbons (Fsp3) is 0.333. The molecule has 0 spiro atoms. The van der Waals surface area contributed by atoms with Crippen molar-refractivity contribution in [2.45, 2.75) is 19.3 Å². The van der Waals surface area contributed by atoms with E-state index in [1.807, 2.05) is 30.4 Å². The molecule has 3 heteroatoms. The molecule has 0 saturated heterocycles. The van der Waals surface area contributed by atoms with E-state index in [9.17, 15) is 4.79 Å². The summed E-state index contributed by atoms with van der Waals surface area (Å²) in [6.07, 6.45) is 7.89. The number of methoxy groups -OCH3 is 1. The van der Waals surface area contributed by atoms with E-state index in [4.69, 9.17) is 0 Å². The topological polar surface area (TPSA) is 39.2 Å². The molecule has 1 heterocycles. The van der Waals surface area contributed by atoms with E-state index >= 15 is 0 Å². The quantitative estimate of drug-likeness (QED) is 0.547. The molecule has 0 saturated carbocycles. The minimum absolute atomic E-state index is 0.152. The number of carbonyl (C=O) groups is 1. The number of carbonyl (C=O) groups excluding carboxylic acids is 1. The van der Waals surface area contributed by atoms with Crippen LogP contribution in [0.25, 0.3) is 6.08 Å². The highest BCUT2D eigenvalue weighted by Gasteiger charge is 1.96. The third-order valence-electron chi connectivity index (χ3n) is 1.96. The van der Waals surface area contributed by atoms with Crippen LogP contribution in [0.1, 0.15) is 25.0 Å². The fourth-order valence-corrected chi connectivity index (χ4v) is 1.14. The summed E-state index contributed by atoms with van der Waals surface area (Å²) < 4.78 is 4.54. The molecule has 0 unspecified atom stereocenters. The Bertz CT molecular complexity index is 320. The van der Waals surface area contributed by atoms with Gasteiger partial charge in [-0.05, 0) is 31.1 Å². The lowest BCUT2D eigenvalue weighted by molar-refractivity contribution is -0.140. The van der Waals surface area contributed by atoms with Crippen LogP contribution in [0, 0.1) is 0 Å². The summed E-state index contributed by atoms with van der Waals surface area (Å²) in [5, 5.41) is 0. The van der Waals surface area contributed by atoms with E-state index < -0.39 is 0 Å². The van der Waals surface area contributed by atoms with Gasteiger partial charge in [0.2, 0.25) is 0 Å². The van der Waals surface area contributed by atoms with Crippen molar-refractivity contribution in [1.82, 2.24) is 4.98 Å². The second-order valence-electron chi connectivity index (χ2n) is 3.13. The van der Waals surface area contributed by atoms with Gasteiger partial charge in [-0.2, -0.15) is 0 Å². The molecule has 0 aliphatic rings. The minimum Gasteiger partial charge on any atom is -0.469 e. The van der Waals surface area contributed by atoms with E-state index in [1.54, 1.807) is 6.20 Å². The molecule has 0 fully saturated rings. The zero-order valence-corrected chi connectivity index (χ0v) is 8.85. The molecular weight excluding hydrogens is 190 g/mol. The Balaban J connectivity index is 2.20. The highest BCUT2D eigenvalue weighted by molar-refractivity contribution is 5.69. The molecule has 80 valence electrons. The van der Waals surface area contributed by atoms with E-state index in [2.05, 4.69) is 9.72 Å². The van der Waals surface area contributed by atoms with Crippen molar-refractivity contribution in [1.29, 1.82) is 0 Å². The lowest BCUT2D eigenvalue weighted by atomic mass is 10.2. The number of rotatable bonds is 5. The molecule has 15 heavy (non-hydrogen) atoms. The molecule has 3 nitrogen and oxygen atoms in total. The normalized spacial score (nSPS) is 10.5. The van der Waals surface area contributed by atoms with Crippen molar-refractivity contribution in [2.24, 2.45) is 0 Å². The third-order valence-corrected chi connectivity index (χ3v) is 1.96. The highest BCUT2D eigenvalue weighted by atomic mass is 16.5. The third kappa shape index (κ3) is 4.96. The zero-order chi connectivity index (χ0) is 10.9. The Morgan fingerprint density at radius 3 is 3.07 bits per heavy atom. The predicted molar refractivity (Wildman–Crippen MR) is 59.1 cm³/mol. The number of pyridine rings is 1. The first-order valence-corrected chi connectivity index (χ1v) is 4.97. The molecule has 0 aliphatic carbocycles. The molecule has 0 bridgehead atoms. The molecule has 0 atom stereocenters. The standard InChI is InChI=1S/C12H15NO2/c1-15-12(14)9-4-2-3-7-11-8-5-6-10-13-11/h3,5-8,10H,2,4,9H2,1H3. The first-order valence-electron chi connectivity index (χ1n) is 4.97. The van der Waals surface area contributed by atoms with E-state index in [-0.39, 0.29) is 5.97 Å². The second-order valence-corrected chi connectivity index (χ2v) is 3.13. The molecule has 0 aliphatic heterocycles. The highest BCUT2D eigenvalue weighted by Crippen LogP contribution is 2.02. The number of ether oxygens (including phenoxy) is 1. The summed E-state index contributed by atoms with van der Waals surface area (Å²) >= 11 is 0. The number of allylic oxidation sites excluding steroid dienone is 1. The largest absolute Gasteiger partial charge is 0.469 e. The molecule has 0 amide bonds. The lowest BCUT2D eigenvalue weighted by Gasteiger charge is -1.95. The SMILES string of the molecule is COC(=O)CCCC=Cc1ccccn1. The number of esters is 1. The molecule has 0 radical (unpaired) electrons. The van der Waals surface area contributed by atoms with E-state index in [1.165, 1.54) is 7.11 Å². The number of aromatic nitrogens is 1. The second kappa shape index (κ2) is 6.76. The predicted octanol–water partition coefficient (Wildman–Crippen LogP) is 2.44. The number of hydrogen-bond acceptors (Lipinski definition) is 3. The average molecular weight is 205 g/mol. The van der Waals surface area contributed by atoms with Gasteiger partial charge in [-0.3, -0.25) is 9.78 Å². The van der Waals surface area contributed by atoms with Crippen LogP contribution in [0.5, 0.6) is 0 Å². The summed E-state index contributed by atoms with van der Waals surface area (Å²) in [7, 11) is 1.41. The molecular formula is C12H15NO2. The van der Waals surface area contributed by atoms with Gasteiger partial charge in [-0.15, -0.1) is 0 Å². The molecule has 0 aromatic carbocycles.